The van der Waals surface area contributed by atoms with E-state index in [1.807, 2.05) is 6.07 Å². The molecule has 0 atom stereocenters. The molecule has 1 aliphatic heterocycles. The van der Waals surface area contributed by atoms with Crippen LogP contribution in [0.2, 0.25) is 0 Å². The van der Waals surface area contributed by atoms with Gasteiger partial charge in [0.15, 0.2) is 0 Å². The molecule has 1 heterocycles. The first kappa shape index (κ1) is 15.9. The van der Waals surface area contributed by atoms with Crippen LogP contribution in [0.25, 0.3) is 0 Å². The van der Waals surface area contributed by atoms with Crippen molar-refractivity contribution in [1.82, 2.24) is 4.90 Å². The van der Waals surface area contributed by atoms with Crippen molar-refractivity contribution >= 4 is 12.4 Å². The Bertz CT molecular complexity index is 612. The number of benzene rings is 2. The SMILES string of the molecule is CN1CCc2ccccc2Cc2cc(O)ccc2CC1.Cl. The highest BCUT2D eigenvalue weighted by Crippen LogP contribution is 2.23. The number of aromatic hydroxyl groups is 1. The molecule has 1 aliphatic rings. The van der Waals surface area contributed by atoms with Crippen LogP contribution in [0.5, 0.6) is 5.75 Å². The topological polar surface area (TPSA) is 23.5 Å². The van der Waals surface area contributed by atoms with Gasteiger partial charge in [-0.2, -0.15) is 0 Å². The van der Waals surface area contributed by atoms with E-state index in [1.54, 1.807) is 6.07 Å². The zero-order valence-corrected chi connectivity index (χ0v) is 13.2. The molecule has 112 valence electrons. The Hall–Kier alpha value is -1.51. The summed E-state index contributed by atoms with van der Waals surface area (Å²) in [7, 11) is 2.18. The van der Waals surface area contributed by atoms with Crippen LogP contribution in [0.15, 0.2) is 42.5 Å². The van der Waals surface area contributed by atoms with Gasteiger partial charge in [-0.3, -0.25) is 0 Å². The number of fused-ring (bicyclic) bond motifs is 2. The van der Waals surface area contributed by atoms with Crippen LogP contribution in [0.3, 0.4) is 0 Å². The molecule has 3 rings (SSSR count). The lowest BCUT2D eigenvalue weighted by Gasteiger charge is -2.21. The maximum absolute atomic E-state index is 9.77. The molecule has 0 radical (unpaired) electrons. The molecule has 2 aromatic rings. The van der Waals surface area contributed by atoms with Gasteiger partial charge in [0.25, 0.3) is 0 Å². The molecule has 0 fully saturated rings. The van der Waals surface area contributed by atoms with Crippen LogP contribution in [-0.4, -0.2) is 30.1 Å². The molecule has 0 amide bonds. The molecule has 0 aliphatic carbocycles. The fourth-order valence-corrected chi connectivity index (χ4v) is 2.93. The van der Waals surface area contributed by atoms with Gasteiger partial charge in [-0.05, 0) is 60.7 Å². The molecule has 1 N–H and O–H groups in total. The Morgan fingerprint density at radius 1 is 0.857 bits per heavy atom. The van der Waals surface area contributed by atoms with Crippen LogP contribution in [0.1, 0.15) is 22.3 Å². The number of halogens is 1. The summed E-state index contributed by atoms with van der Waals surface area (Å²) in [5.41, 5.74) is 5.42. The molecule has 0 spiro atoms. The first-order valence-corrected chi connectivity index (χ1v) is 7.28. The van der Waals surface area contributed by atoms with Gasteiger partial charge in [-0.25, -0.2) is 0 Å². The Labute approximate surface area is 132 Å². The zero-order chi connectivity index (χ0) is 13.9. The molecule has 0 aromatic heterocycles. The summed E-state index contributed by atoms with van der Waals surface area (Å²) in [4.78, 5) is 2.39. The second kappa shape index (κ2) is 6.97. The minimum atomic E-state index is 0. The summed E-state index contributed by atoms with van der Waals surface area (Å²) in [6, 6.07) is 14.5. The van der Waals surface area contributed by atoms with Crippen molar-refractivity contribution < 1.29 is 5.11 Å². The van der Waals surface area contributed by atoms with Gasteiger partial charge in [0.1, 0.15) is 5.75 Å². The van der Waals surface area contributed by atoms with E-state index >= 15 is 0 Å². The van der Waals surface area contributed by atoms with E-state index in [1.165, 1.54) is 22.3 Å². The molecule has 2 nitrogen and oxygen atoms in total. The minimum Gasteiger partial charge on any atom is -0.508 e. The van der Waals surface area contributed by atoms with Crippen molar-refractivity contribution in [2.24, 2.45) is 0 Å². The second-order valence-corrected chi connectivity index (χ2v) is 5.70. The van der Waals surface area contributed by atoms with Gasteiger partial charge in [0.2, 0.25) is 0 Å². The fourth-order valence-electron chi connectivity index (χ4n) is 2.93. The predicted octanol–water partition coefficient (Wildman–Crippen LogP) is 3.44. The summed E-state index contributed by atoms with van der Waals surface area (Å²) in [5, 5.41) is 9.77. The van der Waals surface area contributed by atoms with Gasteiger partial charge in [0.05, 0.1) is 0 Å². The lowest BCUT2D eigenvalue weighted by Crippen LogP contribution is -2.25. The quantitative estimate of drug-likeness (QED) is 0.806. The van der Waals surface area contributed by atoms with E-state index < -0.39 is 0 Å². The van der Waals surface area contributed by atoms with Crippen molar-refractivity contribution in [2.75, 3.05) is 20.1 Å². The summed E-state index contributed by atoms with van der Waals surface area (Å²) < 4.78 is 0. The number of hydrogen-bond acceptors (Lipinski definition) is 2. The standard InChI is InChI=1S/C18H21NO.ClH/c1-19-10-8-14-4-2-3-5-16(14)12-17-13-18(20)7-6-15(17)9-11-19;/h2-7,13,20H,8-12H2,1H3;1H. The molecule has 0 saturated heterocycles. The number of hydrogen-bond donors (Lipinski definition) is 1. The van der Waals surface area contributed by atoms with Crippen molar-refractivity contribution in [2.45, 2.75) is 19.3 Å². The Balaban J connectivity index is 0.00000161. The van der Waals surface area contributed by atoms with E-state index in [-0.39, 0.29) is 12.4 Å². The number of rotatable bonds is 0. The highest BCUT2D eigenvalue weighted by Gasteiger charge is 2.12. The molecule has 3 heteroatoms. The summed E-state index contributed by atoms with van der Waals surface area (Å²) >= 11 is 0. The van der Waals surface area contributed by atoms with Gasteiger partial charge in [0, 0.05) is 13.1 Å². The highest BCUT2D eigenvalue weighted by molar-refractivity contribution is 5.85. The van der Waals surface area contributed by atoms with Crippen molar-refractivity contribution in [3.8, 4) is 5.75 Å². The van der Waals surface area contributed by atoms with Crippen LogP contribution < -0.4 is 0 Å². The predicted molar refractivity (Wildman–Crippen MR) is 89.5 cm³/mol. The van der Waals surface area contributed by atoms with Crippen LogP contribution in [0.4, 0.5) is 0 Å². The third-order valence-corrected chi connectivity index (χ3v) is 4.21. The fraction of sp³-hybridized carbons (Fsp3) is 0.333. The summed E-state index contributed by atoms with van der Waals surface area (Å²) in [6.07, 6.45) is 3.07. The van der Waals surface area contributed by atoms with Gasteiger partial charge < -0.3 is 10.0 Å². The Morgan fingerprint density at radius 3 is 2.19 bits per heavy atom. The Morgan fingerprint density at radius 2 is 1.48 bits per heavy atom. The van der Waals surface area contributed by atoms with Gasteiger partial charge in [-0.1, -0.05) is 30.3 Å². The van der Waals surface area contributed by atoms with E-state index in [4.69, 9.17) is 0 Å². The normalized spacial score (nSPS) is 15.5. The van der Waals surface area contributed by atoms with Crippen molar-refractivity contribution in [3.63, 3.8) is 0 Å². The number of likely N-dealkylation sites (N-methyl/N-ethyl adjacent to an activating group) is 1. The second-order valence-electron chi connectivity index (χ2n) is 5.70. The lowest BCUT2D eigenvalue weighted by molar-refractivity contribution is 0.341. The first-order chi connectivity index (χ1) is 9.72. The highest BCUT2D eigenvalue weighted by atomic mass is 35.5. The van der Waals surface area contributed by atoms with E-state index in [9.17, 15) is 5.11 Å². The monoisotopic (exact) mass is 303 g/mol. The maximum atomic E-state index is 9.77. The molecule has 0 unspecified atom stereocenters. The molecule has 0 bridgehead atoms. The molecule has 21 heavy (non-hydrogen) atoms. The van der Waals surface area contributed by atoms with E-state index in [0.717, 1.165) is 32.4 Å². The summed E-state index contributed by atoms with van der Waals surface area (Å²) in [5.74, 6) is 0.367. The smallest absolute Gasteiger partial charge is 0.115 e. The zero-order valence-electron chi connectivity index (χ0n) is 12.4. The van der Waals surface area contributed by atoms with Crippen LogP contribution >= 0.6 is 12.4 Å². The number of phenolic OH excluding ortho intramolecular Hbond substituents is 1. The average Bonchev–Trinajstić information content (AvgIpc) is 2.45. The molecule has 2 aromatic carbocycles. The number of phenols is 1. The summed E-state index contributed by atoms with van der Waals surface area (Å²) in [6.45, 7) is 2.17. The Kier molecular flexibility index (Phi) is 5.27. The molecular formula is C18H22ClNO. The maximum Gasteiger partial charge on any atom is 0.115 e. The van der Waals surface area contributed by atoms with E-state index in [2.05, 4.69) is 42.3 Å². The van der Waals surface area contributed by atoms with Gasteiger partial charge >= 0.3 is 0 Å². The van der Waals surface area contributed by atoms with Crippen LogP contribution in [0, 0.1) is 0 Å². The third kappa shape index (κ3) is 3.78. The van der Waals surface area contributed by atoms with E-state index in [0.29, 0.717) is 5.75 Å². The first-order valence-electron chi connectivity index (χ1n) is 7.28. The largest absolute Gasteiger partial charge is 0.508 e. The van der Waals surface area contributed by atoms with Crippen molar-refractivity contribution in [1.29, 1.82) is 0 Å². The lowest BCUT2D eigenvalue weighted by atomic mass is 9.93. The van der Waals surface area contributed by atoms with Crippen LogP contribution in [-0.2, 0) is 19.3 Å². The third-order valence-electron chi connectivity index (χ3n) is 4.21. The number of nitrogens with zero attached hydrogens (tertiary/aromatic N) is 1. The average molecular weight is 304 g/mol. The molecule has 0 saturated carbocycles. The molecular weight excluding hydrogens is 282 g/mol. The van der Waals surface area contributed by atoms with Crippen molar-refractivity contribution in [3.05, 3.63) is 64.7 Å². The van der Waals surface area contributed by atoms with Gasteiger partial charge in [-0.15, -0.1) is 12.4 Å². The minimum absolute atomic E-state index is 0.